The van der Waals surface area contributed by atoms with E-state index in [2.05, 4.69) is 48.4 Å². The van der Waals surface area contributed by atoms with E-state index < -0.39 is 0 Å². The van der Waals surface area contributed by atoms with Gasteiger partial charge in [-0.1, -0.05) is 28.1 Å². The van der Waals surface area contributed by atoms with Gasteiger partial charge in [0.25, 0.3) is 0 Å². The van der Waals surface area contributed by atoms with Crippen LogP contribution in [0.1, 0.15) is 11.3 Å². The van der Waals surface area contributed by atoms with Crippen molar-refractivity contribution in [3.05, 3.63) is 46.1 Å². The van der Waals surface area contributed by atoms with E-state index in [1.54, 1.807) is 0 Å². The highest BCUT2D eigenvalue weighted by molar-refractivity contribution is 9.10. The van der Waals surface area contributed by atoms with Crippen molar-refractivity contribution < 1.29 is 0 Å². The van der Waals surface area contributed by atoms with Gasteiger partial charge in [-0.2, -0.15) is 4.98 Å². The second-order valence-electron chi connectivity index (χ2n) is 4.32. The van der Waals surface area contributed by atoms with Crippen molar-refractivity contribution in [1.29, 1.82) is 0 Å². The van der Waals surface area contributed by atoms with E-state index in [1.807, 2.05) is 32.2 Å². The topological polar surface area (TPSA) is 67.1 Å². The number of anilines is 2. The van der Waals surface area contributed by atoms with E-state index in [4.69, 9.17) is 5.84 Å². The largest absolute Gasteiger partial charge is 0.355 e. The number of nitrogens with two attached hydrogens (primary N) is 1. The number of aromatic nitrogens is 2. The van der Waals surface area contributed by atoms with Crippen molar-refractivity contribution in [2.75, 3.05) is 17.4 Å². The van der Waals surface area contributed by atoms with Gasteiger partial charge in [0.1, 0.15) is 5.82 Å². The number of hydrogen-bond donors (Lipinski definition) is 2. The average molecular weight is 322 g/mol. The zero-order valence-electron chi connectivity index (χ0n) is 10.9. The molecule has 0 bridgehead atoms. The van der Waals surface area contributed by atoms with Gasteiger partial charge in [-0.25, -0.2) is 10.8 Å². The normalized spacial score (nSPS) is 10.3. The van der Waals surface area contributed by atoms with E-state index in [0.717, 1.165) is 22.5 Å². The summed E-state index contributed by atoms with van der Waals surface area (Å²) in [5, 5.41) is 0. The van der Waals surface area contributed by atoms with E-state index in [-0.39, 0.29) is 0 Å². The first-order chi connectivity index (χ1) is 9.08. The lowest BCUT2D eigenvalue weighted by molar-refractivity contribution is 0.886. The number of benzene rings is 1. The third-order valence-corrected chi connectivity index (χ3v) is 3.22. The summed E-state index contributed by atoms with van der Waals surface area (Å²) in [7, 11) is 1.99. The number of aryl methyl sites for hydroxylation is 1. The molecule has 19 heavy (non-hydrogen) atoms. The minimum Gasteiger partial charge on any atom is -0.355 e. The van der Waals surface area contributed by atoms with Crippen LogP contribution in [0.15, 0.2) is 34.8 Å². The lowest BCUT2D eigenvalue weighted by Crippen LogP contribution is -2.20. The smallest absolute Gasteiger partial charge is 0.239 e. The molecule has 2 aromatic rings. The molecule has 3 N–H and O–H groups in total. The van der Waals surface area contributed by atoms with Crippen LogP contribution in [-0.4, -0.2) is 17.0 Å². The van der Waals surface area contributed by atoms with Crippen LogP contribution in [0, 0.1) is 6.92 Å². The molecular weight excluding hydrogens is 306 g/mol. The number of rotatable bonds is 4. The molecule has 0 amide bonds. The van der Waals surface area contributed by atoms with Crippen molar-refractivity contribution in [2.24, 2.45) is 5.84 Å². The molecule has 100 valence electrons. The van der Waals surface area contributed by atoms with Crippen LogP contribution in [0.5, 0.6) is 0 Å². The van der Waals surface area contributed by atoms with E-state index in [9.17, 15) is 0 Å². The van der Waals surface area contributed by atoms with Gasteiger partial charge in [-0.05, 0) is 24.6 Å². The third-order valence-electron chi connectivity index (χ3n) is 2.69. The Morgan fingerprint density at radius 3 is 2.58 bits per heavy atom. The van der Waals surface area contributed by atoms with E-state index in [1.165, 1.54) is 5.56 Å². The molecule has 0 unspecified atom stereocenters. The Hall–Kier alpha value is -1.66. The van der Waals surface area contributed by atoms with Crippen LogP contribution in [-0.2, 0) is 6.54 Å². The predicted molar refractivity (Wildman–Crippen MR) is 80.8 cm³/mol. The summed E-state index contributed by atoms with van der Waals surface area (Å²) < 4.78 is 1.08. The molecule has 0 fully saturated rings. The summed E-state index contributed by atoms with van der Waals surface area (Å²) in [5.74, 6) is 6.62. The molecule has 0 saturated heterocycles. The summed E-state index contributed by atoms with van der Waals surface area (Å²) in [6.07, 6.45) is 0. The van der Waals surface area contributed by atoms with Crippen LogP contribution in [0.4, 0.5) is 11.8 Å². The fraction of sp³-hybridized carbons (Fsp3) is 0.231. The molecule has 6 heteroatoms. The number of nitrogens with zero attached hydrogens (tertiary/aromatic N) is 3. The number of hydrazine groups is 1. The molecule has 1 heterocycles. The van der Waals surface area contributed by atoms with Crippen LogP contribution < -0.4 is 16.2 Å². The van der Waals surface area contributed by atoms with Gasteiger partial charge in [0.2, 0.25) is 5.95 Å². The highest BCUT2D eigenvalue weighted by Gasteiger charge is 2.07. The Balaban J connectivity index is 2.17. The SMILES string of the molecule is Cc1cc(N(C)Cc2ccc(Br)cc2)nc(NN)n1. The zero-order chi connectivity index (χ0) is 13.8. The van der Waals surface area contributed by atoms with Crippen molar-refractivity contribution in [3.8, 4) is 0 Å². The summed E-state index contributed by atoms with van der Waals surface area (Å²) in [4.78, 5) is 10.6. The highest BCUT2D eigenvalue weighted by Crippen LogP contribution is 2.17. The lowest BCUT2D eigenvalue weighted by atomic mass is 10.2. The Kier molecular flexibility index (Phi) is 4.34. The first-order valence-electron chi connectivity index (χ1n) is 5.86. The summed E-state index contributed by atoms with van der Waals surface area (Å²) >= 11 is 3.43. The van der Waals surface area contributed by atoms with Crippen LogP contribution >= 0.6 is 15.9 Å². The molecule has 2 rings (SSSR count). The zero-order valence-corrected chi connectivity index (χ0v) is 12.5. The molecule has 0 aliphatic carbocycles. The van der Waals surface area contributed by atoms with E-state index in [0.29, 0.717) is 5.95 Å². The fourth-order valence-electron chi connectivity index (χ4n) is 1.76. The molecule has 0 saturated carbocycles. The maximum absolute atomic E-state index is 5.36. The maximum Gasteiger partial charge on any atom is 0.239 e. The molecule has 1 aromatic carbocycles. The number of nitrogen functional groups attached to an aromatic ring is 1. The molecule has 0 aliphatic rings. The Morgan fingerprint density at radius 2 is 1.95 bits per heavy atom. The van der Waals surface area contributed by atoms with Gasteiger partial charge < -0.3 is 4.90 Å². The lowest BCUT2D eigenvalue weighted by Gasteiger charge is -2.19. The van der Waals surface area contributed by atoms with Crippen molar-refractivity contribution in [2.45, 2.75) is 13.5 Å². The van der Waals surface area contributed by atoms with Gasteiger partial charge in [0.05, 0.1) is 0 Å². The molecule has 1 aromatic heterocycles. The van der Waals surface area contributed by atoms with Crippen LogP contribution in [0.2, 0.25) is 0 Å². The maximum atomic E-state index is 5.36. The first-order valence-corrected chi connectivity index (χ1v) is 6.65. The second kappa shape index (κ2) is 5.99. The summed E-state index contributed by atoms with van der Waals surface area (Å²) in [6, 6.07) is 10.1. The third kappa shape index (κ3) is 3.65. The minimum atomic E-state index is 0.428. The van der Waals surface area contributed by atoms with Crippen LogP contribution in [0.3, 0.4) is 0 Å². The van der Waals surface area contributed by atoms with Crippen LogP contribution in [0.25, 0.3) is 0 Å². The standard InChI is InChI=1S/C13H16BrN5/c1-9-7-12(17-13(16-9)18-15)19(2)8-10-3-5-11(14)6-4-10/h3-7H,8,15H2,1-2H3,(H,16,17,18). The Morgan fingerprint density at radius 1 is 1.26 bits per heavy atom. The Labute approximate surface area is 121 Å². The van der Waals surface area contributed by atoms with Crippen molar-refractivity contribution in [1.82, 2.24) is 9.97 Å². The Bertz CT molecular complexity index is 555. The number of hydrogen-bond acceptors (Lipinski definition) is 5. The fourth-order valence-corrected chi connectivity index (χ4v) is 2.02. The average Bonchev–Trinajstić information content (AvgIpc) is 2.40. The quantitative estimate of drug-likeness (QED) is 0.669. The molecule has 0 atom stereocenters. The van der Waals surface area contributed by atoms with Gasteiger partial charge >= 0.3 is 0 Å². The highest BCUT2D eigenvalue weighted by atomic mass is 79.9. The van der Waals surface area contributed by atoms with Gasteiger partial charge in [-0.15, -0.1) is 0 Å². The van der Waals surface area contributed by atoms with Gasteiger partial charge in [0.15, 0.2) is 0 Å². The minimum absolute atomic E-state index is 0.428. The second-order valence-corrected chi connectivity index (χ2v) is 5.23. The summed E-state index contributed by atoms with van der Waals surface area (Å²) in [5.41, 5.74) is 4.57. The monoisotopic (exact) mass is 321 g/mol. The number of nitrogens with one attached hydrogen (secondary N) is 1. The first kappa shape index (κ1) is 13.8. The van der Waals surface area contributed by atoms with Crippen molar-refractivity contribution >= 4 is 27.7 Å². The molecule has 0 radical (unpaired) electrons. The molecule has 5 nitrogen and oxygen atoms in total. The summed E-state index contributed by atoms with van der Waals surface area (Å²) in [6.45, 7) is 2.69. The van der Waals surface area contributed by atoms with Gasteiger partial charge in [0, 0.05) is 29.8 Å². The molecule has 0 spiro atoms. The van der Waals surface area contributed by atoms with Gasteiger partial charge in [-0.3, -0.25) is 5.43 Å². The molecular formula is C13H16BrN5. The van der Waals surface area contributed by atoms with Crippen molar-refractivity contribution in [3.63, 3.8) is 0 Å². The number of halogens is 1. The van der Waals surface area contributed by atoms with E-state index >= 15 is 0 Å². The predicted octanol–water partition coefficient (Wildman–Crippen LogP) is 2.47. The molecule has 0 aliphatic heterocycles.